The van der Waals surface area contributed by atoms with Crippen molar-refractivity contribution < 1.29 is 8.42 Å². The second kappa shape index (κ2) is 6.29. The van der Waals surface area contributed by atoms with Crippen LogP contribution in [0.3, 0.4) is 0 Å². The van der Waals surface area contributed by atoms with Gasteiger partial charge in [-0.3, -0.25) is 0 Å². The minimum Gasteiger partial charge on any atom is -0.316 e. The van der Waals surface area contributed by atoms with E-state index in [-0.39, 0.29) is 11.4 Å². The van der Waals surface area contributed by atoms with Crippen molar-refractivity contribution in [3.8, 4) is 0 Å². The zero-order valence-electron chi connectivity index (χ0n) is 12.1. The Hall–Kier alpha value is -1.84. The van der Waals surface area contributed by atoms with Crippen molar-refractivity contribution in [3.05, 3.63) is 34.6 Å². The highest BCUT2D eigenvalue weighted by atomic mass is 32.2. The van der Waals surface area contributed by atoms with Crippen LogP contribution in [0, 0.1) is 13.8 Å². The molecule has 1 aromatic carbocycles. The van der Waals surface area contributed by atoms with Gasteiger partial charge in [0.05, 0.1) is 11.4 Å². The molecule has 1 heterocycles. The number of nitrogens with one attached hydrogen (secondary N) is 3. The normalized spacial score (nSPS) is 11.8. The first-order valence-electron chi connectivity index (χ1n) is 6.40. The third-order valence-electron chi connectivity index (χ3n) is 3.10. The summed E-state index contributed by atoms with van der Waals surface area (Å²) in [5, 5.41) is 16.1. The average molecular weight is 310 g/mol. The van der Waals surface area contributed by atoms with E-state index in [0.29, 0.717) is 17.9 Å². The largest absolute Gasteiger partial charge is 0.316 e. The molecule has 0 spiro atoms. The number of aromatic amines is 1. The van der Waals surface area contributed by atoms with Crippen LogP contribution in [0.2, 0.25) is 0 Å². The SMILES string of the molecule is CNCc1cc(S(=O)(=O)NCc2nn[nH]n2)c(C)cc1C. The number of aromatic nitrogens is 4. The molecule has 0 bridgehead atoms. The summed E-state index contributed by atoms with van der Waals surface area (Å²) in [7, 11) is -1.80. The van der Waals surface area contributed by atoms with Gasteiger partial charge in [-0.25, -0.2) is 13.1 Å². The molecule has 0 radical (unpaired) electrons. The van der Waals surface area contributed by atoms with Gasteiger partial charge in [0, 0.05) is 6.54 Å². The van der Waals surface area contributed by atoms with Gasteiger partial charge >= 0.3 is 0 Å². The molecule has 0 aliphatic heterocycles. The molecule has 0 aliphatic carbocycles. The van der Waals surface area contributed by atoms with Gasteiger partial charge in [-0.05, 0) is 43.7 Å². The maximum absolute atomic E-state index is 12.4. The molecule has 9 heteroatoms. The highest BCUT2D eigenvalue weighted by Gasteiger charge is 2.19. The van der Waals surface area contributed by atoms with Crippen LogP contribution in [0.15, 0.2) is 17.0 Å². The van der Waals surface area contributed by atoms with Crippen molar-refractivity contribution in [1.29, 1.82) is 0 Å². The first-order valence-corrected chi connectivity index (χ1v) is 7.89. The highest BCUT2D eigenvalue weighted by molar-refractivity contribution is 7.89. The fourth-order valence-electron chi connectivity index (χ4n) is 2.04. The van der Waals surface area contributed by atoms with Crippen LogP contribution < -0.4 is 10.0 Å². The van der Waals surface area contributed by atoms with Crippen LogP contribution in [-0.4, -0.2) is 36.1 Å². The monoisotopic (exact) mass is 310 g/mol. The molecule has 2 aromatic rings. The van der Waals surface area contributed by atoms with Gasteiger partial charge in [-0.1, -0.05) is 11.3 Å². The number of rotatable bonds is 6. The highest BCUT2D eigenvalue weighted by Crippen LogP contribution is 2.20. The number of hydrogen-bond acceptors (Lipinski definition) is 6. The Bertz CT molecular complexity index is 712. The summed E-state index contributed by atoms with van der Waals surface area (Å²) in [6.45, 7) is 4.34. The third-order valence-corrected chi connectivity index (χ3v) is 4.64. The molecule has 114 valence electrons. The summed E-state index contributed by atoms with van der Waals surface area (Å²) in [5.74, 6) is 0.291. The first-order chi connectivity index (χ1) is 9.94. The van der Waals surface area contributed by atoms with E-state index in [9.17, 15) is 8.42 Å². The molecule has 21 heavy (non-hydrogen) atoms. The van der Waals surface area contributed by atoms with E-state index in [1.807, 2.05) is 20.0 Å². The standard InChI is InChI=1S/C12H18N6O2S/c1-8-4-9(2)11(5-10(8)6-13-3)21(19,20)14-7-12-15-17-18-16-12/h4-5,13-14H,6-7H2,1-3H3,(H,15,16,17,18). The van der Waals surface area contributed by atoms with Gasteiger partial charge in [0.2, 0.25) is 10.0 Å². The molecule has 0 saturated carbocycles. The van der Waals surface area contributed by atoms with E-state index in [1.165, 1.54) is 0 Å². The molecule has 0 fully saturated rings. The van der Waals surface area contributed by atoms with Gasteiger partial charge in [-0.15, -0.1) is 10.2 Å². The lowest BCUT2D eigenvalue weighted by atomic mass is 10.1. The summed E-state index contributed by atoms with van der Waals surface area (Å²) >= 11 is 0. The zero-order chi connectivity index (χ0) is 15.5. The predicted octanol–water partition coefficient (Wildman–Crippen LogP) is 0.0144. The quantitative estimate of drug-likeness (QED) is 0.693. The van der Waals surface area contributed by atoms with Gasteiger partial charge in [0.1, 0.15) is 0 Å². The van der Waals surface area contributed by atoms with E-state index in [4.69, 9.17) is 0 Å². The summed E-state index contributed by atoms with van der Waals surface area (Å²) in [4.78, 5) is 0.266. The van der Waals surface area contributed by atoms with E-state index in [1.54, 1.807) is 13.0 Å². The molecule has 2 rings (SSSR count). The molecule has 0 unspecified atom stereocenters. The van der Waals surface area contributed by atoms with Crippen LogP contribution in [-0.2, 0) is 23.1 Å². The molecular formula is C12H18N6O2S. The number of hydrogen-bond donors (Lipinski definition) is 3. The molecule has 8 nitrogen and oxygen atoms in total. The van der Waals surface area contributed by atoms with Gasteiger partial charge in [-0.2, -0.15) is 5.21 Å². The van der Waals surface area contributed by atoms with Gasteiger partial charge in [0.15, 0.2) is 5.82 Å². The number of tetrazole rings is 1. The van der Waals surface area contributed by atoms with E-state index >= 15 is 0 Å². The zero-order valence-corrected chi connectivity index (χ0v) is 13.0. The van der Waals surface area contributed by atoms with Crippen LogP contribution in [0.4, 0.5) is 0 Å². The first kappa shape index (κ1) is 15.5. The maximum Gasteiger partial charge on any atom is 0.241 e. The Kier molecular flexibility index (Phi) is 4.66. The molecule has 3 N–H and O–H groups in total. The Labute approximate surface area is 123 Å². The molecule has 0 amide bonds. The number of H-pyrrole nitrogens is 1. The minimum absolute atomic E-state index is 0.00644. The second-order valence-corrected chi connectivity index (χ2v) is 6.46. The smallest absolute Gasteiger partial charge is 0.241 e. The lowest BCUT2D eigenvalue weighted by Crippen LogP contribution is -2.25. The van der Waals surface area contributed by atoms with Crippen LogP contribution in [0.5, 0.6) is 0 Å². The maximum atomic E-state index is 12.4. The summed E-state index contributed by atoms with van der Waals surface area (Å²) < 4.78 is 27.3. The van der Waals surface area contributed by atoms with E-state index in [2.05, 4.69) is 30.7 Å². The Morgan fingerprint density at radius 3 is 2.57 bits per heavy atom. The average Bonchev–Trinajstić information content (AvgIpc) is 2.93. The molecule has 0 aliphatic rings. The lowest BCUT2D eigenvalue weighted by molar-refractivity contribution is 0.578. The molecule has 0 saturated heterocycles. The lowest BCUT2D eigenvalue weighted by Gasteiger charge is -2.13. The van der Waals surface area contributed by atoms with Gasteiger partial charge in [0.25, 0.3) is 0 Å². The van der Waals surface area contributed by atoms with Crippen LogP contribution in [0.1, 0.15) is 22.5 Å². The summed E-state index contributed by atoms with van der Waals surface area (Å²) in [6.07, 6.45) is 0. The molecule has 1 aromatic heterocycles. The number of aryl methyl sites for hydroxylation is 2. The van der Waals surface area contributed by atoms with Crippen molar-refractivity contribution in [2.75, 3.05) is 7.05 Å². The van der Waals surface area contributed by atoms with Crippen LogP contribution in [0.25, 0.3) is 0 Å². The van der Waals surface area contributed by atoms with Crippen molar-refractivity contribution in [1.82, 2.24) is 30.7 Å². The Morgan fingerprint density at radius 1 is 1.19 bits per heavy atom. The fraction of sp³-hybridized carbons (Fsp3) is 0.417. The van der Waals surface area contributed by atoms with Gasteiger partial charge < -0.3 is 5.32 Å². The second-order valence-electron chi connectivity index (χ2n) is 4.73. The van der Waals surface area contributed by atoms with Crippen molar-refractivity contribution in [2.45, 2.75) is 31.8 Å². The summed E-state index contributed by atoms with van der Waals surface area (Å²) in [6, 6.07) is 3.56. The van der Waals surface area contributed by atoms with Crippen molar-refractivity contribution >= 4 is 10.0 Å². The van der Waals surface area contributed by atoms with Crippen molar-refractivity contribution in [3.63, 3.8) is 0 Å². The van der Waals surface area contributed by atoms with Crippen LogP contribution >= 0.6 is 0 Å². The molecular weight excluding hydrogens is 292 g/mol. The number of nitrogens with zero attached hydrogens (tertiary/aromatic N) is 3. The third kappa shape index (κ3) is 3.63. The Morgan fingerprint density at radius 2 is 1.95 bits per heavy atom. The minimum atomic E-state index is -3.62. The Balaban J connectivity index is 2.28. The molecule has 0 atom stereocenters. The summed E-state index contributed by atoms with van der Waals surface area (Å²) in [5.41, 5.74) is 2.70. The number of benzene rings is 1. The van der Waals surface area contributed by atoms with Crippen molar-refractivity contribution in [2.24, 2.45) is 0 Å². The van der Waals surface area contributed by atoms with E-state index in [0.717, 1.165) is 11.1 Å². The fourth-order valence-corrected chi connectivity index (χ4v) is 3.29. The topological polar surface area (TPSA) is 113 Å². The predicted molar refractivity (Wildman–Crippen MR) is 76.9 cm³/mol. The number of sulfonamides is 1. The van der Waals surface area contributed by atoms with E-state index < -0.39 is 10.0 Å².